The van der Waals surface area contributed by atoms with Crippen molar-refractivity contribution in [2.75, 3.05) is 30.3 Å². The second-order valence-electron chi connectivity index (χ2n) is 4.59. The highest BCUT2D eigenvalue weighted by Gasteiger charge is 2.35. The molecule has 1 fully saturated rings. The largest absolute Gasteiger partial charge is 0.480 e. The molecule has 0 aromatic carbocycles. The number of halogens is 3. The highest BCUT2D eigenvalue weighted by atomic mass is 32.2. The summed E-state index contributed by atoms with van der Waals surface area (Å²) < 4.78 is 59.3. The van der Waals surface area contributed by atoms with Crippen molar-refractivity contribution in [2.45, 2.75) is 17.8 Å². The zero-order valence-electron chi connectivity index (χ0n) is 10.8. The van der Waals surface area contributed by atoms with Crippen LogP contribution >= 0.6 is 11.8 Å². The van der Waals surface area contributed by atoms with E-state index in [0.717, 1.165) is 11.8 Å². The number of rotatable bonds is 6. The van der Waals surface area contributed by atoms with Crippen LogP contribution in [0.2, 0.25) is 0 Å². The molecule has 0 aromatic heterocycles. The Balaban J connectivity index is 2.54. The van der Waals surface area contributed by atoms with Gasteiger partial charge in [-0.25, -0.2) is 8.42 Å². The lowest BCUT2D eigenvalue weighted by molar-refractivity contribution is -0.164. The fourth-order valence-electron chi connectivity index (χ4n) is 1.78. The average molecular weight is 349 g/mol. The van der Waals surface area contributed by atoms with E-state index in [0.29, 0.717) is 6.42 Å². The summed E-state index contributed by atoms with van der Waals surface area (Å²) in [4.78, 5) is 22.4. The molecule has 1 aliphatic heterocycles. The van der Waals surface area contributed by atoms with Gasteiger partial charge in [0, 0.05) is 5.25 Å². The number of thioether (sulfide) groups is 1. The molecule has 0 saturated carbocycles. The maximum Gasteiger partial charge on any atom is 0.406 e. The van der Waals surface area contributed by atoms with E-state index in [2.05, 4.69) is 0 Å². The summed E-state index contributed by atoms with van der Waals surface area (Å²) in [6.07, 6.45) is -4.34. The number of carbonyl (C=O) groups excluding carboxylic acids is 1. The fourth-order valence-corrected chi connectivity index (χ4v) is 5.33. The van der Waals surface area contributed by atoms with Crippen LogP contribution in [0.25, 0.3) is 0 Å². The van der Waals surface area contributed by atoms with E-state index in [9.17, 15) is 31.2 Å². The summed E-state index contributed by atoms with van der Waals surface area (Å²) in [6.45, 7) is -2.68. The third-order valence-corrected chi connectivity index (χ3v) is 5.95. The summed E-state index contributed by atoms with van der Waals surface area (Å²) in [7, 11) is -3.13. The molecular weight excluding hydrogens is 335 g/mol. The quantitative estimate of drug-likeness (QED) is 0.745. The minimum Gasteiger partial charge on any atom is -0.480 e. The second-order valence-corrected chi connectivity index (χ2v) is 8.11. The smallest absolute Gasteiger partial charge is 0.406 e. The lowest BCUT2D eigenvalue weighted by atomic mass is 10.4. The SMILES string of the molecule is O=C(O)CN(CC(F)(F)F)C(=O)CSC1CCS(=O)(=O)C1. The Labute approximate surface area is 123 Å². The van der Waals surface area contributed by atoms with E-state index in [-0.39, 0.29) is 27.4 Å². The monoisotopic (exact) mass is 349 g/mol. The molecule has 1 rings (SSSR count). The number of hydrogen-bond donors (Lipinski definition) is 1. The molecule has 1 heterocycles. The van der Waals surface area contributed by atoms with Crippen molar-refractivity contribution >= 4 is 33.5 Å². The third kappa shape index (κ3) is 7.02. The van der Waals surface area contributed by atoms with Gasteiger partial charge in [-0.2, -0.15) is 13.2 Å². The molecule has 1 saturated heterocycles. The van der Waals surface area contributed by atoms with E-state index in [4.69, 9.17) is 5.11 Å². The standard InChI is InChI=1S/C10H14F3NO5S2/c11-10(12,13)6-14(3-9(16)17)8(15)4-20-7-1-2-21(18,19)5-7/h7H,1-6H2,(H,16,17). The molecule has 6 nitrogen and oxygen atoms in total. The van der Waals surface area contributed by atoms with Crippen molar-refractivity contribution in [3.05, 3.63) is 0 Å². The Kier molecular flexibility index (Phi) is 5.91. The number of aliphatic carboxylic acids is 1. The zero-order chi connectivity index (χ0) is 16.3. The van der Waals surface area contributed by atoms with Crippen molar-refractivity contribution in [1.82, 2.24) is 4.90 Å². The lowest BCUT2D eigenvalue weighted by Gasteiger charge is -2.22. The fraction of sp³-hybridized carbons (Fsp3) is 0.800. The highest BCUT2D eigenvalue weighted by molar-refractivity contribution is 8.02. The molecule has 1 aliphatic rings. The molecule has 0 aromatic rings. The van der Waals surface area contributed by atoms with Crippen LogP contribution in [0, 0.1) is 0 Å². The summed E-state index contributed by atoms with van der Waals surface area (Å²) >= 11 is 0.945. The summed E-state index contributed by atoms with van der Waals surface area (Å²) in [5.74, 6) is -2.99. The van der Waals surface area contributed by atoms with Crippen LogP contribution in [-0.4, -0.2) is 72.1 Å². The summed E-state index contributed by atoms with van der Waals surface area (Å²) in [6, 6.07) is 0. The van der Waals surface area contributed by atoms with E-state index in [1.165, 1.54) is 0 Å². The molecular formula is C10H14F3NO5S2. The van der Waals surface area contributed by atoms with E-state index >= 15 is 0 Å². The zero-order valence-corrected chi connectivity index (χ0v) is 12.4. The Morgan fingerprint density at radius 2 is 1.95 bits per heavy atom. The number of nitrogens with zero attached hydrogens (tertiary/aromatic N) is 1. The van der Waals surface area contributed by atoms with Crippen molar-refractivity contribution in [1.29, 1.82) is 0 Å². The van der Waals surface area contributed by atoms with Crippen LogP contribution in [0.4, 0.5) is 13.2 Å². The van der Waals surface area contributed by atoms with Gasteiger partial charge in [-0.15, -0.1) is 11.8 Å². The number of amides is 1. The van der Waals surface area contributed by atoms with Crippen LogP contribution in [0.1, 0.15) is 6.42 Å². The minimum absolute atomic E-state index is 0.000246. The number of carboxylic acid groups (broad SMARTS) is 1. The van der Waals surface area contributed by atoms with Gasteiger partial charge in [-0.1, -0.05) is 0 Å². The van der Waals surface area contributed by atoms with Crippen LogP contribution in [-0.2, 0) is 19.4 Å². The molecule has 1 N–H and O–H groups in total. The van der Waals surface area contributed by atoms with Gasteiger partial charge in [0.05, 0.1) is 17.3 Å². The normalized spacial score (nSPS) is 21.2. The number of carbonyl (C=O) groups is 2. The van der Waals surface area contributed by atoms with Gasteiger partial charge in [0.1, 0.15) is 13.1 Å². The van der Waals surface area contributed by atoms with Gasteiger partial charge in [0.15, 0.2) is 9.84 Å². The summed E-state index contributed by atoms with van der Waals surface area (Å²) in [5, 5.41) is 8.19. The maximum atomic E-state index is 12.3. The first-order chi connectivity index (χ1) is 9.48. The number of sulfone groups is 1. The molecule has 1 atom stereocenters. The Bertz CT molecular complexity index is 505. The van der Waals surface area contributed by atoms with Gasteiger partial charge in [0.25, 0.3) is 0 Å². The highest BCUT2D eigenvalue weighted by Crippen LogP contribution is 2.25. The molecule has 122 valence electrons. The molecule has 0 spiro atoms. The Morgan fingerprint density at radius 3 is 2.38 bits per heavy atom. The van der Waals surface area contributed by atoms with Crippen LogP contribution in [0.15, 0.2) is 0 Å². The maximum absolute atomic E-state index is 12.3. The molecule has 1 amide bonds. The number of hydrogen-bond acceptors (Lipinski definition) is 5. The van der Waals surface area contributed by atoms with E-state index in [1.807, 2.05) is 0 Å². The predicted molar refractivity (Wildman–Crippen MR) is 69.8 cm³/mol. The van der Waals surface area contributed by atoms with Crippen molar-refractivity contribution in [3.63, 3.8) is 0 Å². The first kappa shape index (κ1) is 18.1. The van der Waals surface area contributed by atoms with Gasteiger partial charge in [-0.05, 0) is 6.42 Å². The van der Waals surface area contributed by atoms with Crippen molar-refractivity contribution < 1.29 is 36.3 Å². The molecule has 0 aliphatic carbocycles. The van der Waals surface area contributed by atoms with Crippen LogP contribution < -0.4 is 0 Å². The van der Waals surface area contributed by atoms with Crippen LogP contribution in [0.5, 0.6) is 0 Å². The van der Waals surface area contributed by atoms with Gasteiger partial charge >= 0.3 is 12.1 Å². The molecule has 1 unspecified atom stereocenters. The molecule has 0 radical (unpaired) electrons. The first-order valence-corrected chi connectivity index (χ1v) is 8.74. The Hall–Kier alpha value is -0.970. The van der Waals surface area contributed by atoms with Crippen molar-refractivity contribution in [2.24, 2.45) is 0 Å². The van der Waals surface area contributed by atoms with Gasteiger partial charge in [-0.3, -0.25) is 9.59 Å². The molecule has 11 heteroatoms. The first-order valence-electron chi connectivity index (χ1n) is 5.87. The minimum atomic E-state index is -4.69. The molecule has 21 heavy (non-hydrogen) atoms. The van der Waals surface area contributed by atoms with Gasteiger partial charge < -0.3 is 10.0 Å². The second kappa shape index (κ2) is 6.86. The number of alkyl halides is 3. The summed E-state index contributed by atoms with van der Waals surface area (Å²) in [5.41, 5.74) is 0. The van der Waals surface area contributed by atoms with Crippen LogP contribution in [0.3, 0.4) is 0 Å². The molecule has 0 bridgehead atoms. The van der Waals surface area contributed by atoms with Gasteiger partial charge in [0.2, 0.25) is 5.91 Å². The predicted octanol–water partition coefficient (Wildman–Crippen LogP) is 0.382. The topological polar surface area (TPSA) is 91.8 Å². The van der Waals surface area contributed by atoms with Crippen molar-refractivity contribution in [3.8, 4) is 0 Å². The van der Waals surface area contributed by atoms with E-state index in [1.54, 1.807) is 0 Å². The number of carboxylic acids is 1. The van der Waals surface area contributed by atoms with E-state index < -0.39 is 41.0 Å². The Morgan fingerprint density at radius 1 is 1.33 bits per heavy atom. The third-order valence-electron chi connectivity index (χ3n) is 2.68. The lowest BCUT2D eigenvalue weighted by Crippen LogP contribution is -2.43. The average Bonchev–Trinajstić information content (AvgIpc) is 2.62.